The van der Waals surface area contributed by atoms with Crippen LogP contribution in [0, 0.1) is 13.8 Å². The fourth-order valence-corrected chi connectivity index (χ4v) is 1.97. The third kappa shape index (κ3) is 3.22. The van der Waals surface area contributed by atoms with Crippen molar-refractivity contribution in [1.82, 2.24) is 9.97 Å². The minimum atomic E-state index is -0.349. The van der Waals surface area contributed by atoms with Gasteiger partial charge in [-0.2, -0.15) is 0 Å². The standard InChI is InChI=1S/C13H11Cl2N3O/c1-7-6-11(17-8(2)16-7)13(19)18-10-5-3-4-9(14)12(10)15/h3-6H,1-2H3,(H,18,19). The molecule has 0 aliphatic carbocycles. The maximum atomic E-state index is 12.1. The van der Waals surface area contributed by atoms with Gasteiger partial charge in [-0.05, 0) is 32.0 Å². The largest absolute Gasteiger partial charge is 0.319 e. The first-order valence-electron chi connectivity index (χ1n) is 5.55. The van der Waals surface area contributed by atoms with Crippen molar-refractivity contribution in [1.29, 1.82) is 0 Å². The van der Waals surface area contributed by atoms with Crippen molar-refractivity contribution in [3.05, 3.63) is 51.5 Å². The first-order valence-corrected chi connectivity index (χ1v) is 6.30. The molecule has 0 radical (unpaired) electrons. The Labute approximate surface area is 120 Å². The van der Waals surface area contributed by atoms with E-state index in [1.54, 1.807) is 38.1 Å². The molecule has 1 heterocycles. The fourth-order valence-electron chi connectivity index (χ4n) is 1.62. The Morgan fingerprint density at radius 1 is 1.21 bits per heavy atom. The number of benzene rings is 1. The normalized spacial score (nSPS) is 10.3. The number of anilines is 1. The van der Waals surface area contributed by atoms with Crippen molar-refractivity contribution in [2.75, 3.05) is 5.32 Å². The van der Waals surface area contributed by atoms with Gasteiger partial charge in [0.25, 0.3) is 5.91 Å². The first-order chi connectivity index (χ1) is 8.97. The van der Waals surface area contributed by atoms with E-state index in [1.807, 2.05) is 0 Å². The lowest BCUT2D eigenvalue weighted by Gasteiger charge is -2.08. The van der Waals surface area contributed by atoms with E-state index >= 15 is 0 Å². The molecular weight excluding hydrogens is 285 g/mol. The predicted octanol–water partition coefficient (Wildman–Crippen LogP) is 3.65. The summed E-state index contributed by atoms with van der Waals surface area (Å²) < 4.78 is 0. The van der Waals surface area contributed by atoms with Gasteiger partial charge in [-0.3, -0.25) is 4.79 Å². The summed E-state index contributed by atoms with van der Waals surface area (Å²) in [6, 6.07) is 6.65. The van der Waals surface area contributed by atoms with Gasteiger partial charge in [0, 0.05) is 5.69 Å². The van der Waals surface area contributed by atoms with Crippen LogP contribution in [0.1, 0.15) is 22.0 Å². The number of nitrogens with zero attached hydrogens (tertiary/aromatic N) is 2. The van der Waals surface area contributed by atoms with Crippen LogP contribution < -0.4 is 5.32 Å². The van der Waals surface area contributed by atoms with E-state index in [2.05, 4.69) is 15.3 Å². The first kappa shape index (κ1) is 13.8. The van der Waals surface area contributed by atoms with Crippen molar-refractivity contribution in [3.8, 4) is 0 Å². The number of rotatable bonds is 2. The highest BCUT2D eigenvalue weighted by atomic mass is 35.5. The Morgan fingerprint density at radius 2 is 1.95 bits per heavy atom. The quantitative estimate of drug-likeness (QED) is 0.920. The number of amides is 1. The van der Waals surface area contributed by atoms with Crippen LogP contribution >= 0.6 is 23.2 Å². The summed E-state index contributed by atoms with van der Waals surface area (Å²) in [5.41, 5.74) is 1.48. The number of hydrogen-bond acceptors (Lipinski definition) is 3. The molecule has 0 aliphatic rings. The third-order valence-electron chi connectivity index (χ3n) is 2.40. The molecule has 19 heavy (non-hydrogen) atoms. The Bertz CT molecular complexity index is 624. The van der Waals surface area contributed by atoms with E-state index in [-0.39, 0.29) is 5.91 Å². The zero-order chi connectivity index (χ0) is 14.0. The summed E-state index contributed by atoms with van der Waals surface area (Å²) in [5.74, 6) is 0.195. The topological polar surface area (TPSA) is 54.9 Å². The van der Waals surface area contributed by atoms with Gasteiger partial charge < -0.3 is 5.32 Å². The van der Waals surface area contributed by atoms with E-state index in [0.29, 0.717) is 27.3 Å². The number of halogens is 2. The number of hydrogen-bond donors (Lipinski definition) is 1. The lowest BCUT2D eigenvalue weighted by atomic mass is 10.2. The molecule has 1 amide bonds. The van der Waals surface area contributed by atoms with Crippen LogP contribution in [0.15, 0.2) is 24.3 Å². The van der Waals surface area contributed by atoms with E-state index in [4.69, 9.17) is 23.2 Å². The molecule has 1 aromatic heterocycles. The zero-order valence-corrected chi connectivity index (χ0v) is 11.9. The second kappa shape index (κ2) is 5.55. The van der Waals surface area contributed by atoms with E-state index < -0.39 is 0 Å². The fraction of sp³-hybridized carbons (Fsp3) is 0.154. The molecular formula is C13H11Cl2N3O. The smallest absolute Gasteiger partial charge is 0.274 e. The van der Waals surface area contributed by atoms with Gasteiger partial charge in [0.15, 0.2) is 0 Å². The minimum absolute atomic E-state index is 0.293. The molecule has 6 heteroatoms. The summed E-state index contributed by atoms with van der Waals surface area (Å²) in [6.45, 7) is 3.54. The van der Waals surface area contributed by atoms with Crippen LogP contribution in [-0.2, 0) is 0 Å². The van der Waals surface area contributed by atoms with Crippen molar-refractivity contribution in [2.45, 2.75) is 13.8 Å². The average Bonchev–Trinajstić information content (AvgIpc) is 2.33. The van der Waals surface area contributed by atoms with Gasteiger partial charge in [-0.15, -0.1) is 0 Å². The summed E-state index contributed by atoms with van der Waals surface area (Å²) in [6.07, 6.45) is 0. The van der Waals surface area contributed by atoms with Gasteiger partial charge in [0.05, 0.1) is 15.7 Å². The van der Waals surface area contributed by atoms with Crippen molar-refractivity contribution in [2.24, 2.45) is 0 Å². The SMILES string of the molecule is Cc1cc(C(=O)Nc2cccc(Cl)c2Cl)nc(C)n1. The maximum absolute atomic E-state index is 12.1. The van der Waals surface area contributed by atoms with Crippen LogP contribution in [0.3, 0.4) is 0 Å². The number of aryl methyl sites for hydroxylation is 2. The molecule has 0 fully saturated rings. The molecule has 0 saturated heterocycles. The second-order valence-electron chi connectivity index (χ2n) is 4.00. The molecule has 0 saturated carbocycles. The van der Waals surface area contributed by atoms with Crippen LogP contribution in [0.25, 0.3) is 0 Å². The van der Waals surface area contributed by atoms with Gasteiger partial charge in [-0.1, -0.05) is 29.3 Å². The Hall–Kier alpha value is -1.65. The molecule has 4 nitrogen and oxygen atoms in total. The van der Waals surface area contributed by atoms with Gasteiger partial charge in [-0.25, -0.2) is 9.97 Å². The Morgan fingerprint density at radius 3 is 2.63 bits per heavy atom. The number of aromatic nitrogens is 2. The predicted molar refractivity (Wildman–Crippen MR) is 75.9 cm³/mol. The lowest BCUT2D eigenvalue weighted by molar-refractivity contribution is 0.102. The molecule has 1 aromatic carbocycles. The number of nitrogens with one attached hydrogen (secondary N) is 1. The van der Waals surface area contributed by atoms with E-state index in [9.17, 15) is 4.79 Å². The van der Waals surface area contributed by atoms with Crippen LogP contribution in [-0.4, -0.2) is 15.9 Å². The maximum Gasteiger partial charge on any atom is 0.274 e. The highest BCUT2D eigenvalue weighted by Crippen LogP contribution is 2.29. The number of carbonyl (C=O) groups excluding carboxylic acids is 1. The summed E-state index contributed by atoms with van der Waals surface area (Å²) in [4.78, 5) is 20.3. The van der Waals surface area contributed by atoms with E-state index in [1.165, 1.54) is 0 Å². The minimum Gasteiger partial charge on any atom is -0.319 e. The van der Waals surface area contributed by atoms with Crippen LogP contribution in [0.4, 0.5) is 5.69 Å². The molecule has 0 aliphatic heterocycles. The average molecular weight is 296 g/mol. The van der Waals surface area contributed by atoms with Crippen molar-refractivity contribution >= 4 is 34.8 Å². The summed E-state index contributed by atoms with van der Waals surface area (Å²) in [7, 11) is 0. The van der Waals surface area contributed by atoms with Crippen LogP contribution in [0.5, 0.6) is 0 Å². The highest BCUT2D eigenvalue weighted by Gasteiger charge is 2.12. The second-order valence-corrected chi connectivity index (χ2v) is 4.78. The van der Waals surface area contributed by atoms with Gasteiger partial charge in [0.2, 0.25) is 0 Å². The molecule has 2 aromatic rings. The number of carbonyl (C=O) groups is 1. The summed E-state index contributed by atoms with van der Waals surface area (Å²) >= 11 is 11.9. The molecule has 0 atom stereocenters. The molecule has 98 valence electrons. The highest BCUT2D eigenvalue weighted by molar-refractivity contribution is 6.44. The van der Waals surface area contributed by atoms with Gasteiger partial charge >= 0.3 is 0 Å². The van der Waals surface area contributed by atoms with Crippen molar-refractivity contribution < 1.29 is 4.79 Å². The lowest BCUT2D eigenvalue weighted by Crippen LogP contribution is -2.15. The zero-order valence-electron chi connectivity index (χ0n) is 10.4. The summed E-state index contributed by atoms with van der Waals surface area (Å²) in [5, 5.41) is 3.37. The van der Waals surface area contributed by atoms with Gasteiger partial charge in [0.1, 0.15) is 11.5 Å². The molecule has 0 bridgehead atoms. The molecule has 2 rings (SSSR count). The monoisotopic (exact) mass is 295 g/mol. The molecule has 0 spiro atoms. The molecule has 0 unspecified atom stereocenters. The molecule has 1 N–H and O–H groups in total. The Balaban J connectivity index is 2.28. The van der Waals surface area contributed by atoms with Crippen LogP contribution in [0.2, 0.25) is 10.0 Å². The van der Waals surface area contributed by atoms with Crippen molar-refractivity contribution in [3.63, 3.8) is 0 Å². The van der Waals surface area contributed by atoms with E-state index in [0.717, 1.165) is 5.69 Å². The Kier molecular flexibility index (Phi) is 4.02. The third-order valence-corrected chi connectivity index (χ3v) is 3.22.